The molecule has 0 aliphatic carbocycles. The van der Waals surface area contributed by atoms with Gasteiger partial charge in [0.25, 0.3) is 10.1 Å². The van der Waals surface area contributed by atoms with Gasteiger partial charge in [-0.1, -0.05) is 52.4 Å². The first-order valence-corrected chi connectivity index (χ1v) is 10.7. The molecule has 136 valence electrons. The summed E-state index contributed by atoms with van der Waals surface area (Å²) in [6.45, 7) is 7.32. The molecule has 0 aromatic rings. The summed E-state index contributed by atoms with van der Waals surface area (Å²) in [6, 6.07) is 0. The van der Waals surface area contributed by atoms with E-state index >= 15 is 0 Å². The molecule has 1 N–H and O–H groups in total. The van der Waals surface area contributed by atoms with Crippen molar-refractivity contribution in [2.75, 3.05) is 33.4 Å². The van der Waals surface area contributed by atoms with Crippen molar-refractivity contribution in [1.82, 2.24) is 0 Å². The predicted molar refractivity (Wildman–Crippen MR) is 96.8 cm³/mol. The molecule has 0 aromatic carbocycles. The lowest BCUT2D eigenvalue weighted by atomic mass is 10.1. The van der Waals surface area contributed by atoms with Crippen LogP contribution in [0.4, 0.5) is 0 Å². The average Bonchev–Trinajstić information content (AvgIpc) is 2.37. The Balaban J connectivity index is 0. The van der Waals surface area contributed by atoms with Crippen molar-refractivity contribution in [2.45, 2.75) is 78.1 Å². The van der Waals surface area contributed by atoms with E-state index < -0.39 is 10.1 Å². The molecule has 0 radical (unpaired) electrons. The molecule has 0 heterocycles. The SMILES string of the molecule is CCCCCCCC[N+](C)(C)CCCCCC.CS(=O)(=O)O. The lowest BCUT2D eigenvalue weighted by Gasteiger charge is -2.30. The van der Waals surface area contributed by atoms with E-state index in [1.54, 1.807) is 0 Å². The number of quaternary nitrogens is 1. The van der Waals surface area contributed by atoms with E-state index in [2.05, 4.69) is 27.9 Å². The van der Waals surface area contributed by atoms with Gasteiger partial charge in [0, 0.05) is 0 Å². The Kier molecular flexibility index (Phi) is 15.9. The fourth-order valence-electron chi connectivity index (χ4n) is 2.40. The summed E-state index contributed by atoms with van der Waals surface area (Å²) >= 11 is 0. The highest BCUT2D eigenvalue weighted by Crippen LogP contribution is 2.10. The highest BCUT2D eigenvalue weighted by molar-refractivity contribution is 7.85. The van der Waals surface area contributed by atoms with E-state index in [9.17, 15) is 8.42 Å². The topological polar surface area (TPSA) is 54.4 Å². The van der Waals surface area contributed by atoms with Crippen LogP contribution < -0.4 is 0 Å². The Hall–Kier alpha value is -0.130. The third-order valence-corrected chi connectivity index (χ3v) is 3.73. The van der Waals surface area contributed by atoms with Crippen LogP contribution in [0.5, 0.6) is 0 Å². The molecular weight excluding hydrogens is 298 g/mol. The van der Waals surface area contributed by atoms with Crippen LogP contribution in [0.3, 0.4) is 0 Å². The first-order chi connectivity index (χ1) is 10.1. The van der Waals surface area contributed by atoms with E-state index in [0.29, 0.717) is 6.26 Å². The van der Waals surface area contributed by atoms with Gasteiger partial charge < -0.3 is 4.48 Å². The minimum atomic E-state index is -3.67. The van der Waals surface area contributed by atoms with Crippen molar-refractivity contribution in [2.24, 2.45) is 0 Å². The molecule has 4 nitrogen and oxygen atoms in total. The molecule has 0 aliphatic heterocycles. The smallest absolute Gasteiger partial charge is 0.261 e. The van der Waals surface area contributed by atoms with Crippen LogP contribution in [0.15, 0.2) is 0 Å². The third kappa shape index (κ3) is 28.1. The van der Waals surface area contributed by atoms with Crippen molar-refractivity contribution in [3.63, 3.8) is 0 Å². The predicted octanol–water partition coefficient (Wildman–Crippen LogP) is 4.51. The number of hydrogen-bond acceptors (Lipinski definition) is 2. The summed E-state index contributed by atoms with van der Waals surface area (Å²) in [7, 11) is 1.13. The third-order valence-electron chi connectivity index (χ3n) is 3.73. The van der Waals surface area contributed by atoms with Crippen molar-refractivity contribution in [3.05, 3.63) is 0 Å². The molecule has 0 saturated heterocycles. The zero-order chi connectivity index (χ0) is 17.5. The van der Waals surface area contributed by atoms with Crippen molar-refractivity contribution < 1.29 is 17.5 Å². The van der Waals surface area contributed by atoms with E-state index in [1.165, 1.54) is 81.8 Å². The summed E-state index contributed by atoms with van der Waals surface area (Å²) in [6.07, 6.45) is 14.9. The minimum absolute atomic E-state index is 0.715. The molecule has 0 atom stereocenters. The van der Waals surface area contributed by atoms with Gasteiger partial charge in [0.2, 0.25) is 0 Å². The Morgan fingerprint density at radius 3 is 1.36 bits per heavy atom. The normalized spacial score (nSPS) is 11.9. The lowest BCUT2D eigenvalue weighted by Crippen LogP contribution is -2.41. The molecule has 0 bridgehead atoms. The zero-order valence-electron chi connectivity index (χ0n) is 15.6. The van der Waals surface area contributed by atoms with Gasteiger partial charge in [0.1, 0.15) is 0 Å². The Morgan fingerprint density at radius 1 is 0.727 bits per heavy atom. The zero-order valence-corrected chi connectivity index (χ0v) is 16.4. The van der Waals surface area contributed by atoms with Crippen LogP contribution in [0, 0.1) is 0 Å². The standard InChI is InChI=1S/C16H36N.CH4O3S/c1-5-7-9-11-12-14-16-17(3,4)15-13-10-8-6-2;1-5(2,3)4/h5-16H2,1-4H3;1H3,(H,2,3,4)/q+1;. The molecule has 0 rings (SSSR count). The Labute approximate surface area is 139 Å². The van der Waals surface area contributed by atoms with E-state index in [4.69, 9.17) is 4.55 Å². The van der Waals surface area contributed by atoms with Crippen LogP contribution in [0.2, 0.25) is 0 Å². The molecule has 0 saturated carbocycles. The summed E-state index contributed by atoms with van der Waals surface area (Å²) in [5.74, 6) is 0. The first kappa shape index (κ1) is 24.1. The summed E-state index contributed by atoms with van der Waals surface area (Å²) in [4.78, 5) is 0. The van der Waals surface area contributed by atoms with Crippen molar-refractivity contribution in [1.29, 1.82) is 0 Å². The molecule has 22 heavy (non-hydrogen) atoms. The van der Waals surface area contributed by atoms with Gasteiger partial charge in [-0.15, -0.1) is 0 Å². The highest BCUT2D eigenvalue weighted by Gasteiger charge is 2.13. The summed E-state index contributed by atoms with van der Waals surface area (Å²) in [5.41, 5.74) is 0. The van der Waals surface area contributed by atoms with Gasteiger partial charge in [-0.25, -0.2) is 0 Å². The number of hydrogen-bond donors (Lipinski definition) is 1. The maximum atomic E-state index is 9.19. The minimum Gasteiger partial charge on any atom is -0.328 e. The second-order valence-electron chi connectivity index (χ2n) is 6.94. The Morgan fingerprint density at radius 2 is 1.00 bits per heavy atom. The van der Waals surface area contributed by atoms with Gasteiger partial charge in [0.15, 0.2) is 0 Å². The van der Waals surface area contributed by atoms with Gasteiger partial charge in [0.05, 0.1) is 33.4 Å². The lowest BCUT2D eigenvalue weighted by molar-refractivity contribution is -0.890. The fraction of sp³-hybridized carbons (Fsp3) is 1.00. The van der Waals surface area contributed by atoms with E-state index in [-0.39, 0.29) is 0 Å². The van der Waals surface area contributed by atoms with E-state index in [0.717, 1.165) is 0 Å². The largest absolute Gasteiger partial charge is 0.328 e. The number of unbranched alkanes of at least 4 members (excludes halogenated alkanes) is 8. The van der Waals surface area contributed by atoms with E-state index in [1.807, 2.05) is 0 Å². The quantitative estimate of drug-likeness (QED) is 0.324. The summed E-state index contributed by atoms with van der Waals surface area (Å²) < 4.78 is 27.1. The molecular formula is C17H40NO3S+. The second-order valence-corrected chi connectivity index (χ2v) is 8.41. The number of rotatable bonds is 12. The van der Waals surface area contributed by atoms with Crippen LogP contribution >= 0.6 is 0 Å². The number of nitrogens with zero attached hydrogens (tertiary/aromatic N) is 1. The molecule has 0 fully saturated rings. The van der Waals surface area contributed by atoms with Gasteiger partial charge in [-0.3, -0.25) is 4.55 Å². The first-order valence-electron chi connectivity index (χ1n) is 8.87. The monoisotopic (exact) mass is 338 g/mol. The molecule has 0 aliphatic rings. The molecule has 5 heteroatoms. The van der Waals surface area contributed by atoms with Gasteiger partial charge >= 0.3 is 0 Å². The average molecular weight is 339 g/mol. The van der Waals surface area contributed by atoms with Crippen molar-refractivity contribution in [3.8, 4) is 0 Å². The van der Waals surface area contributed by atoms with Crippen LogP contribution in [0.1, 0.15) is 78.1 Å². The highest BCUT2D eigenvalue weighted by atomic mass is 32.2. The maximum Gasteiger partial charge on any atom is 0.261 e. The second kappa shape index (κ2) is 14.5. The molecule has 0 aromatic heterocycles. The summed E-state index contributed by atoms with van der Waals surface area (Å²) in [5, 5.41) is 0. The molecule has 0 spiro atoms. The fourth-order valence-corrected chi connectivity index (χ4v) is 2.40. The van der Waals surface area contributed by atoms with Gasteiger partial charge in [-0.2, -0.15) is 8.42 Å². The Bertz CT molecular complexity index is 319. The van der Waals surface area contributed by atoms with Crippen molar-refractivity contribution >= 4 is 10.1 Å². The molecule has 0 unspecified atom stereocenters. The van der Waals surface area contributed by atoms with Crippen LogP contribution in [-0.2, 0) is 10.1 Å². The van der Waals surface area contributed by atoms with Gasteiger partial charge in [-0.05, 0) is 25.7 Å². The van der Waals surface area contributed by atoms with Crippen LogP contribution in [-0.4, -0.2) is 50.9 Å². The molecule has 0 amide bonds. The maximum absolute atomic E-state index is 9.19. The van der Waals surface area contributed by atoms with Crippen LogP contribution in [0.25, 0.3) is 0 Å².